The van der Waals surface area contributed by atoms with Gasteiger partial charge in [-0.05, 0) is 30.0 Å². The molecule has 1 aliphatic carbocycles. The molecule has 5 rings (SSSR count). The largest absolute Gasteiger partial charge is 0.486 e. The van der Waals surface area contributed by atoms with Crippen molar-refractivity contribution in [2.45, 2.75) is 25.0 Å². The van der Waals surface area contributed by atoms with Gasteiger partial charge >= 0.3 is 0 Å². The lowest BCUT2D eigenvalue weighted by Gasteiger charge is -2.31. The quantitative estimate of drug-likeness (QED) is 0.633. The number of benzene rings is 2. The fourth-order valence-electron chi connectivity index (χ4n) is 4.12. The first-order chi connectivity index (χ1) is 14.7. The van der Waals surface area contributed by atoms with Crippen molar-refractivity contribution in [2.75, 3.05) is 13.2 Å². The number of hydrogen-bond acceptors (Lipinski definition) is 4. The van der Waals surface area contributed by atoms with E-state index >= 15 is 0 Å². The summed E-state index contributed by atoms with van der Waals surface area (Å²) in [5.74, 6) is 2.82. The summed E-state index contributed by atoms with van der Waals surface area (Å²) in [6, 6.07) is 17.9. The Hall–Kier alpha value is -3.28. The van der Waals surface area contributed by atoms with E-state index in [0.717, 1.165) is 23.7 Å². The Kier molecular flexibility index (Phi) is 4.91. The lowest BCUT2D eigenvalue weighted by molar-refractivity contribution is -0.135. The topological polar surface area (TPSA) is 56.6 Å². The highest BCUT2D eigenvalue weighted by Gasteiger charge is 2.46. The third kappa shape index (κ3) is 3.77. The number of ether oxygens (including phenoxy) is 2. The molecular weight excluding hydrogens is 378 g/mol. The summed E-state index contributed by atoms with van der Waals surface area (Å²) < 4.78 is 13.9. The second-order valence-electron chi connectivity index (χ2n) is 8.03. The van der Waals surface area contributed by atoms with Crippen molar-refractivity contribution in [1.82, 2.24) is 14.5 Å². The maximum absolute atomic E-state index is 13.4. The van der Waals surface area contributed by atoms with Crippen molar-refractivity contribution in [3.63, 3.8) is 0 Å². The highest BCUT2D eigenvalue weighted by molar-refractivity contribution is 5.83. The van der Waals surface area contributed by atoms with Crippen LogP contribution in [-0.4, -0.2) is 39.6 Å². The zero-order chi connectivity index (χ0) is 20.5. The molecule has 1 saturated carbocycles. The molecule has 1 fully saturated rings. The van der Waals surface area contributed by atoms with E-state index in [-0.39, 0.29) is 17.9 Å². The van der Waals surface area contributed by atoms with Gasteiger partial charge in [0.05, 0.1) is 13.1 Å². The lowest BCUT2D eigenvalue weighted by atomic mass is 10.1. The summed E-state index contributed by atoms with van der Waals surface area (Å²) in [5.41, 5.74) is 1.24. The van der Waals surface area contributed by atoms with Gasteiger partial charge in [-0.15, -0.1) is 0 Å². The summed E-state index contributed by atoms with van der Waals surface area (Å²) in [5, 5.41) is 0. The van der Waals surface area contributed by atoms with Gasteiger partial charge in [0.25, 0.3) is 0 Å². The van der Waals surface area contributed by atoms with Crippen LogP contribution in [0.1, 0.15) is 23.7 Å². The Morgan fingerprint density at radius 1 is 1.13 bits per heavy atom. The second kappa shape index (κ2) is 7.86. The van der Waals surface area contributed by atoms with Gasteiger partial charge in [0, 0.05) is 25.4 Å². The minimum absolute atomic E-state index is 0.0180. The van der Waals surface area contributed by atoms with E-state index in [0.29, 0.717) is 25.6 Å². The van der Waals surface area contributed by atoms with Crippen LogP contribution in [-0.2, 0) is 18.4 Å². The van der Waals surface area contributed by atoms with Crippen LogP contribution in [0, 0.1) is 5.92 Å². The molecule has 0 radical (unpaired) electrons. The summed E-state index contributed by atoms with van der Waals surface area (Å²) in [6.07, 6.45) is 4.35. The highest BCUT2D eigenvalue weighted by atomic mass is 16.6. The molecule has 0 unspecified atom stereocenters. The summed E-state index contributed by atoms with van der Waals surface area (Å²) in [7, 11) is 1.95. The van der Waals surface area contributed by atoms with Crippen LogP contribution in [0.15, 0.2) is 67.0 Å². The molecule has 6 heteroatoms. The molecule has 6 nitrogen and oxygen atoms in total. The van der Waals surface area contributed by atoms with Crippen LogP contribution in [0.25, 0.3) is 0 Å². The SMILES string of the molecule is Cn1ccnc1CN(C[C@@H]1COc2ccccc2O1)C(=O)[C@H]1C[C@H]1c1ccccc1. The number of rotatable bonds is 6. The Morgan fingerprint density at radius 2 is 1.90 bits per heavy atom. The van der Waals surface area contributed by atoms with Crippen LogP contribution in [0.5, 0.6) is 11.5 Å². The van der Waals surface area contributed by atoms with Crippen molar-refractivity contribution >= 4 is 5.91 Å². The molecule has 2 heterocycles. The van der Waals surface area contributed by atoms with Crippen LogP contribution in [0.2, 0.25) is 0 Å². The average molecular weight is 403 g/mol. The standard InChI is InChI=1S/C24H25N3O3/c1-26-12-11-25-23(26)15-27(14-18-16-29-21-9-5-6-10-22(21)30-18)24(28)20-13-19(20)17-7-3-2-4-8-17/h2-12,18-20H,13-16H2,1H3/t18-,19+,20+/m1/s1. The Balaban J connectivity index is 1.32. The van der Waals surface area contributed by atoms with Gasteiger partial charge in [-0.1, -0.05) is 42.5 Å². The van der Waals surface area contributed by atoms with Gasteiger partial charge in [-0.3, -0.25) is 4.79 Å². The van der Waals surface area contributed by atoms with E-state index in [1.54, 1.807) is 6.20 Å². The molecule has 0 saturated heterocycles. The van der Waals surface area contributed by atoms with Gasteiger partial charge in [-0.25, -0.2) is 4.98 Å². The van der Waals surface area contributed by atoms with Gasteiger partial charge in [0.2, 0.25) is 5.91 Å². The summed E-state index contributed by atoms with van der Waals surface area (Å²) in [6.45, 7) is 1.36. The predicted molar refractivity (Wildman–Crippen MR) is 112 cm³/mol. The van der Waals surface area contributed by atoms with Gasteiger partial charge in [-0.2, -0.15) is 0 Å². The first-order valence-electron chi connectivity index (χ1n) is 10.4. The Morgan fingerprint density at radius 3 is 2.67 bits per heavy atom. The monoisotopic (exact) mass is 403 g/mol. The minimum Gasteiger partial charge on any atom is -0.486 e. The fraction of sp³-hybridized carbons (Fsp3) is 0.333. The van der Waals surface area contributed by atoms with E-state index in [9.17, 15) is 4.79 Å². The molecule has 2 aromatic carbocycles. The molecule has 30 heavy (non-hydrogen) atoms. The average Bonchev–Trinajstić information content (AvgIpc) is 3.49. The normalized spacial score (nSPS) is 21.8. The number of aryl methyl sites for hydroxylation is 1. The van der Waals surface area contributed by atoms with Crippen molar-refractivity contribution in [1.29, 1.82) is 0 Å². The molecule has 3 aromatic rings. The molecule has 0 N–H and O–H groups in total. The number of carbonyl (C=O) groups excluding carboxylic acids is 1. The molecule has 1 amide bonds. The number of para-hydroxylation sites is 2. The van der Waals surface area contributed by atoms with Crippen LogP contribution in [0.4, 0.5) is 0 Å². The molecular formula is C24H25N3O3. The predicted octanol–water partition coefficient (Wildman–Crippen LogP) is 3.39. The van der Waals surface area contributed by atoms with Crippen molar-refractivity contribution in [3.8, 4) is 11.5 Å². The second-order valence-corrected chi connectivity index (χ2v) is 8.03. The van der Waals surface area contributed by atoms with E-state index in [4.69, 9.17) is 9.47 Å². The van der Waals surface area contributed by atoms with Crippen molar-refractivity contribution in [2.24, 2.45) is 13.0 Å². The molecule has 154 valence electrons. The van der Waals surface area contributed by atoms with E-state index in [1.807, 2.05) is 65.2 Å². The summed E-state index contributed by atoms with van der Waals surface area (Å²) in [4.78, 5) is 19.7. The Bertz CT molecular complexity index is 1030. The van der Waals surface area contributed by atoms with E-state index in [2.05, 4.69) is 17.1 Å². The number of amides is 1. The van der Waals surface area contributed by atoms with Crippen LogP contribution in [0.3, 0.4) is 0 Å². The van der Waals surface area contributed by atoms with E-state index < -0.39 is 0 Å². The Labute approximate surface area is 176 Å². The number of fused-ring (bicyclic) bond motifs is 1. The van der Waals surface area contributed by atoms with Crippen molar-refractivity contribution < 1.29 is 14.3 Å². The highest BCUT2D eigenvalue weighted by Crippen LogP contribution is 2.48. The number of aromatic nitrogens is 2. The maximum atomic E-state index is 13.4. The third-order valence-corrected chi connectivity index (χ3v) is 5.89. The van der Waals surface area contributed by atoms with Gasteiger partial charge in [0.1, 0.15) is 12.4 Å². The lowest BCUT2D eigenvalue weighted by Crippen LogP contribution is -2.44. The summed E-state index contributed by atoms with van der Waals surface area (Å²) >= 11 is 0. The first-order valence-corrected chi connectivity index (χ1v) is 10.4. The number of carbonyl (C=O) groups is 1. The van der Waals surface area contributed by atoms with Crippen LogP contribution >= 0.6 is 0 Å². The molecule has 3 atom stereocenters. The van der Waals surface area contributed by atoms with Gasteiger partial charge < -0.3 is 18.9 Å². The zero-order valence-corrected chi connectivity index (χ0v) is 17.0. The van der Waals surface area contributed by atoms with Crippen LogP contribution < -0.4 is 9.47 Å². The first kappa shape index (κ1) is 18.7. The minimum atomic E-state index is -0.210. The zero-order valence-electron chi connectivity index (χ0n) is 17.0. The molecule has 0 bridgehead atoms. The number of hydrogen-bond donors (Lipinski definition) is 0. The maximum Gasteiger partial charge on any atom is 0.226 e. The van der Waals surface area contributed by atoms with Crippen molar-refractivity contribution in [3.05, 3.63) is 78.4 Å². The van der Waals surface area contributed by atoms with E-state index in [1.165, 1.54) is 5.56 Å². The molecule has 1 aromatic heterocycles. The van der Waals surface area contributed by atoms with Gasteiger partial charge in [0.15, 0.2) is 17.6 Å². The molecule has 2 aliphatic rings. The number of nitrogens with zero attached hydrogens (tertiary/aromatic N) is 3. The molecule has 1 aliphatic heterocycles. The fourth-order valence-corrected chi connectivity index (χ4v) is 4.12. The third-order valence-electron chi connectivity index (χ3n) is 5.89. The molecule has 0 spiro atoms. The smallest absolute Gasteiger partial charge is 0.226 e. The number of imidazole rings is 1.